The largest absolute Gasteiger partial charge is 0.359 e. The summed E-state index contributed by atoms with van der Waals surface area (Å²) in [5.74, 6) is 0. The molecule has 0 aliphatic carbocycles. The quantitative estimate of drug-likeness (QED) is 0.806. The van der Waals surface area contributed by atoms with Crippen LogP contribution in [0.15, 0.2) is 5.38 Å². The highest BCUT2D eigenvalue weighted by atomic mass is 32.1. The Morgan fingerprint density at radius 3 is 2.73 bits per heavy atom. The smallest absolute Gasteiger partial charge is 0.183 e. The van der Waals surface area contributed by atoms with Crippen LogP contribution in [0.4, 0.5) is 5.13 Å². The molecule has 3 rings (SSSR count). The van der Waals surface area contributed by atoms with Gasteiger partial charge in [-0.3, -0.25) is 0 Å². The number of hydrogen-bond acceptors (Lipinski definition) is 4. The zero-order chi connectivity index (χ0) is 10.3. The number of fused-ring (bicyclic) bond motifs is 2. The van der Waals surface area contributed by atoms with E-state index in [1.54, 1.807) is 11.3 Å². The SMILES string of the molecule is Cc1csc(NC2CC3CCC(C2)N3)n1. The highest BCUT2D eigenvalue weighted by molar-refractivity contribution is 7.13. The number of anilines is 1. The molecule has 2 aliphatic heterocycles. The van der Waals surface area contributed by atoms with Gasteiger partial charge in [0.2, 0.25) is 0 Å². The number of aryl methyl sites for hydroxylation is 1. The van der Waals surface area contributed by atoms with E-state index in [9.17, 15) is 0 Å². The van der Waals surface area contributed by atoms with Crippen molar-refractivity contribution in [1.82, 2.24) is 10.3 Å². The first kappa shape index (κ1) is 9.60. The third kappa shape index (κ3) is 2.01. The van der Waals surface area contributed by atoms with E-state index >= 15 is 0 Å². The van der Waals surface area contributed by atoms with Crippen LogP contribution in [0.3, 0.4) is 0 Å². The second-order valence-corrected chi connectivity index (χ2v) is 5.60. The normalized spacial score (nSPS) is 34.3. The van der Waals surface area contributed by atoms with Gasteiger partial charge < -0.3 is 10.6 Å². The van der Waals surface area contributed by atoms with Crippen LogP contribution in [-0.4, -0.2) is 23.1 Å². The lowest BCUT2D eigenvalue weighted by Crippen LogP contribution is -2.43. The van der Waals surface area contributed by atoms with Crippen LogP contribution >= 0.6 is 11.3 Å². The minimum atomic E-state index is 0.634. The summed E-state index contributed by atoms with van der Waals surface area (Å²) >= 11 is 1.72. The van der Waals surface area contributed by atoms with Gasteiger partial charge in [-0.15, -0.1) is 11.3 Å². The highest BCUT2D eigenvalue weighted by Gasteiger charge is 2.33. The lowest BCUT2D eigenvalue weighted by molar-refractivity contribution is 0.378. The van der Waals surface area contributed by atoms with Crippen LogP contribution in [0.2, 0.25) is 0 Å². The molecule has 82 valence electrons. The Bertz CT molecular complexity index is 337. The van der Waals surface area contributed by atoms with E-state index in [2.05, 4.69) is 21.0 Å². The highest BCUT2D eigenvalue weighted by Crippen LogP contribution is 2.29. The molecule has 0 amide bonds. The van der Waals surface area contributed by atoms with Crippen molar-refractivity contribution in [3.8, 4) is 0 Å². The van der Waals surface area contributed by atoms with Gasteiger partial charge in [0.15, 0.2) is 5.13 Å². The summed E-state index contributed by atoms with van der Waals surface area (Å²) in [5, 5.41) is 10.4. The average Bonchev–Trinajstić information content (AvgIpc) is 2.74. The van der Waals surface area contributed by atoms with E-state index in [0.29, 0.717) is 6.04 Å². The fourth-order valence-electron chi connectivity index (χ4n) is 2.77. The predicted molar refractivity (Wildman–Crippen MR) is 63.4 cm³/mol. The van der Waals surface area contributed by atoms with E-state index in [4.69, 9.17) is 0 Å². The molecule has 2 N–H and O–H groups in total. The fraction of sp³-hybridized carbons (Fsp3) is 0.727. The molecule has 2 unspecified atom stereocenters. The fourth-order valence-corrected chi connectivity index (χ4v) is 3.54. The maximum absolute atomic E-state index is 4.46. The van der Waals surface area contributed by atoms with Crippen molar-refractivity contribution in [2.24, 2.45) is 0 Å². The first-order valence-corrected chi connectivity index (χ1v) is 6.62. The van der Waals surface area contributed by atoms with Crippen LogP contribution < -0.4 is 10.6 Å². The molecule has 1 aromatic rings. The van der Waals surface area contributed by atoms with Crippen molar-refractivity contribution >= 4 is 16.5 Å². The van der Waals surface area contributed by atoms with Crippen LogP contribution in [0, 0.1) is 6.92 Å². The molecule has 2 aliphatic rings. The van der Waals surface area contributed by atoms with Crippen molar-refractivity contribution in [2.45, 2.75) is 50.7 Å². The van der Waals surface area contributed by atoms with Gasteiger partial charge in [0.05, 0.1) is 5.69 Å². The van der Waals surface area contributed by atoms with Crippen molar-refractivity contribution < 1.29 is 0 Å². The van der Waals surface area contributed by atoms with Crippen molar-refractivity contribution in [3.05, 3.63) is 11.1 Å². The van der Waals surface area contributed by atoms with E-state index in [-0.39, 0.29) is 0 Å². The summed E-state index contributed by atoms with van der Waals surface area (Å²) in [4.78, 5) is 4.46. The van der Waals surface area contributed by atoms with Gasteiger partial charge in [-0.1, -0.05) is 0 Å². The van der Waals surface area contributed by atoms with Crippen LogP contribution in [-0.2, 0) is 0 Å². The molecule has 2 saturated heterocycles. The minimum absolute atomic E-state index is 0.634. The van der Waals surface area contributed by atoms with Gasteiger partial charge in [-0.25, -0.2) is 4.98 Å². The molecule has 0 radical (unpaired) electrons. The summed E-state index contributed by atoms with van der Waals surface area (Å²) < 4.78 is 0. The molecule has 2 fully saturated rings. The molecule has 0 aromatic carbocycles. The summed E-state index contributed by atoms with van der Waals surface area (Å²) in [5.41, 5.74) is 1.12. The Balaban J connectivity index is 1.64. The monoisotopic (exact) mass is 223 g/mol. The van der Waals surface area contributed by atoms with E-state index < -0.39 is 0 Å². The Kier molecular flexibility index (Phi) is 2.41. The molecule has 3 nitrogen and oxygen atoms in total. The van der Waals surface area contributed by atoms with Crippen LogP contribution in [0.25, 0.3) is 0 Å². The average molecular weight is 223 g/mol. The molecule has 2 bridgehead atoms. The number of piperidine rings is 1. The molecule has 0 saturated carbocycles. The number of hydrogen-bond donors (Lipinski definition) is 2. The first-order chi connectivity index (χ1) is 7.29. The predicted octanol–water partition coefficient (Wildman–Crippen LogP) is 2.15. The summed E-state index contributed by atoms with van der Waals surface area (Å²) in [6, 6.07) is 2.14. The minimum Gasteiger partial charge on any atom is -0.359 e. The number of thiazole rings is 1. The van der Waals surface area contributed by atoms with Crippen molar-refractivity contribution in [1.29, 1.82) is 0 Å². The Morgan fingerprint density at radius 2 is 2.13 bits per heavy atom. The number of rotatable bonds is 2. The Hall–Kier alpha value is -0.610. The standard InChI is InChI=1S/C11H17N3S/c1-7-6-15-11(12-7)14-10-4-8-2-3-9(5-10)13-8/h6,8-10,13H,2-5H2,1H3,(H,12,14). The van der Waals surface area contributed by atoms with Crippen molar-refractivity contribution in [3.63, 3.8) is 0 Å². The van der Waals surface area contributed by atoms with Crippen molar-refractivity contribution in [2.75, 3.05) is 5.32 Å². The topological polar surface area (TPSA) is 37.0 Å². The van der Waals surface area contributed by atoms with Crippen LogP contribution in [0.5, 0.6) is 0 Å². The van der Waals surface area contributed by atoms with E-state index in [0.717, 1.165) is 22.9 Å². The third-order valence-corrected chi connectivity index (χ3v) is 4.31. The maximum atomic E-state index is 4.46. The lowest BCUT2D eigenvalue weighted by Gasteiger charge is -2.29. The number of nitrogens with zero attached hydrogens (tertiary/aromatic N) is 1. The molecular weight excluding hydrogens is 206 g/mol. The van der Waals surface area contributed by atoms with Gasteiger partial charge in [0.25, 0.3) is 0 Å². The first-order valence-electron chi connectivity index (χ1n) is 5.74. The molecular formula is C11H17N3S. The molecule has 15 heavy (non-hydrogen) atoms. The van der Waals surface area contributed by atoms with Gasteiger partial charge in [-0.05, 0) is 32.6 Å². The Morgan fingerprint density at radius 1 is 1.40 bits per heavy atom. The van der Waals surface area contributed by atoms with Gasteiger partial charge >= 0.3 is 0 Å². The van der Waals surface area contributed by atoms with Crippen LogP contribution in [0.1, 0.15) is 31.4 Å². The van der Waals surface area contributed by atoms with Gasteiger partial charge in [-0.2, -0.15) is 0 Å². The zero-order valence-corrected chi connectivity index (χ0v) is 9.81. The number of aromatic nitrogens is 1. The molecule has 0 spiro atoms. The van der Waals surface area contributed by atoms with Gasteiger partial charge in [0, 0.05) is 23.5 Å². The summed E-state index contributed by atoms with van der Waals surface area (Å²) in [6.45, 7) is 2.05. The zero-order valence-electron chi connectivity index (χ0n) is 8.99. The lowest BCUT2D eigenvalue weighted by atomic mass is 10.0. The summed E-state index contributed by atoms with van der Waals surface area (Å²) in [7, 11) is 0. The second-order valence-electron chi connectivity index (χ2n) is 4.74. The van der Waals surface area contributed by atoms with E-state index in [1.807, 2.05) is 6.92 Å². The molecule has 3 heterocycles. The molecule has 2 atom stereocenters. The molecule has 1 aromatic heterocycles. The second kappa shape index (κ2) is 3.76. The maximum Gasteiger partial charge on any atom is 0.183 e. The van der Waals surface area contributed by atoms with E-state index in [1.165, 1.54) is 25.7 Å². The third-order valence-electron chi connectivity index (χ3n) is 3.42. The summed E-state index contributed by atoms with van der Waals surface area (Å²) in [6.07, 6.45) is 5.24. The molecule has 4 heteroatoms. The Labute approximate surface area is 94.3 Å². The van der Waals surface area contributed by atoms with Gasteiger partial charge in [0.1, 0.15) is 0 Å². The number of nitrogens with one attached hydrogen (secondary N) is 2.